The van der Waals surface area contributed by atoms with Gasteiger partial charge in [-0.05, 0) is 37.5 Å². The summed E-state index contributed by atoms with van der Waals surface area (Å²) in [5, 5.41) is 0. The Bertz CT molecular complexity index is 1190. The quantitative estimate of drug-likeness (QED) is 0.569. The summed E-state index contributed by atoms with van der Waals surface area (Å²) in [6.07, 6.45) is 2.34. The lowest BCUT2D eigenvalue weighted by molar-refractivity contribution is 0.0458. The van der Waals surface area contributed by atoms with Crippen molar-refractivity contribution in [3.8, 4) is 0 Å². The first kappa shape index (κ1) is 21.5. The van der Waals surface area contributed by atoms with Crippen LogP contribution in [0.25, 0.3) is 11.2 Å². The SMILES string of the molecule is CCCCn1c(=O)[nH]c(=O)c2c1nc(COC(=O)c1ccc(C)c(F)c1)n2CCC. The van der Waals surface area contributed by atoms with Crippen LogP contribution in [0.4, 0.5) is 4.39 Å². The van der Waals surface area contributed by atoms with Gasteiger partial charge < -0.3 is 9.30 Å². The molecule has 0 spiro atoms. The summed E-state index contributed by atoms with van der Waals surface area (Å²) in [6, 6.07) is 4.12. The molecule has 2 aromatic heterocycles. The number of nitrogens with one attached hydrogen (secondary N) is 1. The molecular formula is C21H25FN4O4. The molecule has 0 radical (unpaired) electrons. The summed E-state index contributed by atoms with van der Waals surface area (Å²) < 4.78 is 22.2. The number of esters is 1. The van der Waals surface area contributed by atoms with Crippen molar-refractivity contribution in [1.29, 1.82) is 0 Å². The first-order chi connectivity index (χ1) is 14.4. The van der Waals surface area contributed by atoms with Gasteiger partial charge in [0.05, 0.1) is 5.56 Å². The molecule has 2 heterocycles. The average molecular weight is 416 g/mol. The van der Waals surface area contributed by atoms with Gasteiger partial charge in [0.2, 0.25) is 0 Å². The summed E-state index contributed by atoms with van der Waals surface area (Å²) in [5.74, 6) is -0.829. The number of unbranched alkanes of at least 4 members (excludes halogenated alkanes) is 1. The third kappa shape index (κ3) is 4.19. The maximum absolute atomic E-state index is 13.7. The number of rotatable bonds is 8. The molecule has 0 aliphatic rings. The van der Waals surface area contributed by atoms with Crippen molar-refractivity contribution in [3.05, 3.63) is 61.8 Å². The number of aromatic amines is 1. The van der Waals surface area contributed by atoms with Crippen LogP contribution in [-0.4, -0.2) is 25.1 Å². The number of imidazole rings is 1. The van der Waals surface area contributed by atoms with E-state index in [-0.39, 0.29) is 23.3 Å². The first-order valence-corrected chi connectivity index (χ1v) is 10.0. The Kier molecular flexibility index (Phi) is 6.49. The molecule has 0 aliphatic heterocycles. The number of H-pyrrole nitrogens is 1. The second-order valence-electron chi connectivity index (χ2n) is 7.16. The molecule has 0 saturated heterocycles. The van der Waals surface area contributed by atoms with E-state index in [2.05, 4.69) is 9.97 Å². The van der Waals surface area contributed by atoms with Crippen LogP contribution in [0, 0.1) is 12.7 Å². The Morgan fingerprint density at radius 3 is 2.60 bits per heavy atom. The zero-order valence-corrected chi connectivity index (χ0v) is 17.3. The lowest BCUT2D eigenvalue weighted by atomic mass is 10.1. The summed E-state index contributed by atoms with van der Waals surface area (Å²) >= 11 is 0. The molecule has 1 N–H and O–H groups in total. The van der Waals surface area contributed by atoms with Crippen LogP contribution in [0.3, 0.4) is 0 Å². The van der Waals surface area contributed by atoms with Crippen LogP contribution >= 0.6 is 0 Å². The molecule has 3 rings (SSSR count). The van der Waals surface area contributed by atoms with E-state index >= 15 is 0 Å². The largest absolute Gasteiger partial charge is 0.454 e. The lowest BCUT2D eigenvalue weighted by Gasteiger charge is -2.09. The fourth-order valence-electron chi connectivity index (χ4n) is 3.25. The highest BCUT2D eigenvalue weighted by molar-refractivity contribution is 5.89. The number of hydrogen-bond donors (Lipinski definition) is 1. The van der Waals surface area contributed by atoms with E-state index in [1.165, 1.54) is 16.7 Å². The number of aryl methyl sites for hydroxylation is 3. The molecule has 0 fully saturated rings. The van der Waals surface area contributed by atoms with E-state index in [1.54, 1.807) is 11.5 Å². The van der Waals surface area contributed by atoms with Crippen LogP contribution in [0.5, 0.6) is 0 Å². The molecule has 160 valence electrons. The van der Waals surface area contributed by atoms with Gasteiger partial charge in [0.1, 0.15) is 18.2 Å². The van der Waals surface area contributed by atoms with Gasteiger partial charge >= 0.3 is 11.7 Å². The summed E-state index contributed by atoms with van der Waals surface area (Å²) in [4.78, 5) is 43.9. The maximum Gasteiger partial charge on any atom is 0.338 e. The van der Waals surface area contributed by atoms with Crippen LogP contribution in [-0.2, 0) is 24.4 Å². The Morgan fingerprint density at radius 1 is 1.17 bits per heavy atom. The first-order valence-electron chi connectivity index (χ1n) is 10.0. The fraction of sp³-hybridized carbons (Fsp3) is 0.429. The highest BCUT2D eigenvalue weighted by Gasteiger charge is 2.19. The molecule has 0 atom stereocenters. The van der Waals surface area contributed by atoms with Gasteiger partial charge in [-0.15, -0.1) is 0 Å². The Hall–Kier alpha value is -3.23. The summed E-state index contributed by atoms with van der Waals surface area (Å²) in [7, 11) is 0. The maximum atomic E-state index is 13.7. The van der Waals surface area contributed by atoms with Gasteiger partial charge in [0.15, 0.2) is 11.2 Å². The van der Waals surface area contributed by atoms with E-state index in [4.69, 9.17) is 4.74 Å². The van der Waals surface area contributed by atoms with Crippen molar-refractivity contribution < 1.29 is 13.9 Å². The number of aromatic nitrogens is 4. The van der Waals surface area contributed by atoms with Gasteiger partial charge in [0, 0.05) is 13.1 Å². The van der Waals surface area contributed by atoms with Crippen molar-refractivity contribution in [1.82, 2.24) is 19.1 Å². The average Bonchev–Trinajstić information content (AvgIpc) is 3.07. The van der Waals surface area contributed by atoms with Crippen molar-refractivity contribution in [2.45, 2.75) is 59.7 Å². The minimum Gasteiger partial charge on any atom is -0.454 e. The van der Waals surface area contributed by atoms with E-state index in [9.17, 15) is 18.8 Å². The minimum atomic E-state index is -0.693. The number of fused-ring (bicyclic) bond motifs is 1. The minimum absolute atomic E-state index is 0.0916. The van der Waals surface area contributed by atoms with Gasteiger partial charge in [-0.3, -0.25) is 14.3 Å². The molecule has 8 nitrogen and oxygen atoms in total. The third-order valence-electron chi connectivity index (χ3n) is 4.89. The molecule has 3 aromatic rings. The molecule has 1 aromatic carbocycles. The van der Waals surface area contributed by atoms with Crippen molar-refractivity contribution in [2.75, 3.05) is 0 Å². The van der Waals surface area contributed by atoms with E-state index in [0.29, 0.717) is 30.9 Å². The topological polar surface area (TPSA) is 99.0 Å². The number of carbonyl (C=O) groups excluding carboxylic acids is 1. The molecule has 0 amide bonds. The van der Waals surface area contributed by atoms with Gasteiger partial charge in [-0.2, -0.15) is 0 Å². The molecule has 9 heteroatoms. The standard InChI is InChI=1S/C21H25FN4O4/c1-4-6-10-26-18-17(19(27)24-21(26)29)25(9-5-2)16(23-18)12-30-20(28)14-8-7-13(3)15(22)11-14/h7-8,11H,4-6,9-10,12H2,1-3H3,(H,24,27,29). The van der Waals surface area contributed by atoms with Crippen molar-refractivity contribution >= 4 is 17.1 Å². The number of nitrogens with zero attached hydrogens (tertiary/aromatic N) is 3. The number of halogens is 1. The third-order valence-corrected chi connectivity index (χ3v) is 4.89. The van der Waals surface area contributed by atoms with Crippen molar-refractivity contribution in [3.63, 3.8) is 0 Å². The van der Waals surface area contributed by atoms with E-state index < -0.39 is 23.0 Å². The number of hydrogen-bond acceptors (Lipinski definition) is 5. The number of benzene rings is 1. The van der Waals surface area contributed by atoms with Gasteiger partial charge in [0.25, 0.3) is 5.56 Å². The van der Waals surface area contributed by atoms with E-state index in [1.807, 2.05) is 13.8 Å². The predicted molar refractivity (Wildman–Crippen MR) is 110 cm³/mol. The molecule has 0 unspecified atom stereocenters. The number of carbonyl (C=O) groups is 1. The molecule has 0 aliphatic carbocycles. The van der Waals surface area contributed by atoms with Gasteiger partial charge in [-0.1, -0.05) is 26.3 Å². The second-order valence-corrected chi connectivity index (χ2v) is 7.16. The lowest BCUT2D eigenvalue weighted by Crippen LogP contribution is -2.31. The normalized spacial score (nSPS) is 11.2. The highest BCUT2D eigenvalue weighted by Crippen LogP contribution is 2.16. The highest BCUT2D eigenvalue weighted by atomic mass is 19.1. The Balaban J connectivity index is 1.98. The zero-order valence-electron chi connectivity index (χ0n) is 17.3. The Labute approximate surface area is 172 Å². The van der Waals surface area contributed by atoms with Crippen LogP contribution < -0.4 is 11.2 Å². The summed E-state index contributed by atoms with van der Waals surface area (Å²) in [6.45, 7) is 6.24. The second kappa shape index (κ2) is 9.06. The molecule has 0 bridgehead atoms. The molecule has 0 saturated carbocycles. The summed E-state index contributed by atoms with van der Waals surface area (Å²) in [5.41, 5.74) is 0.0373. The predicted octanol–water partition coefficient (Wildman–Crippen LogP) is 2.90. The van der Waals surface area contributed by atoms with Crippen molar-refractivity contribution in [2.24, 2.45) is 0 Å². The molecule has 30 heavy (non-hydrogen) atoms. The smallest absolute Gasteiger partial charge is 0.338 e. The zero-order chi connectivity index (χ0) is 21.8. The number of ether oxygens (including phenoxy) is 1. The van der Waals surface area contributed by atoms with Crippen LogP contribution in [0.1, 0.15) is 54.9 Å². The monoisotopic (exact) mass is 416 g/mol. The van der Waals surface area contributed by atoms with Crippen LogP contribution in [0.2, 0.25) is 0 Å². The fourth-order valence-corrected chi connectivity index (χ4v) is 3.25. The van der Waals surface area contributed by atoms with E-state index in [0.717, 1.165) is 18.9 Å². The van der Waals surface area contributed by atoms with Crippen LogP contribution in [0.15, 0.2) is 27.8 Å². The van der Waals surface area contributed by atoms with Gasteiger partial charge in [-0.25, -0.2) is 19.0 Å². The Morgan fingerprint density at radius 2 is 1.93 bits per heavy atom. The molecular weight excluding hydrogens is 391 g/mol.